The fourth-order valence-electron chi connectivity index (χ4n) is 2.85. The molecule has 0 saturated carbocycles. The van der Waals surface area contributed by atoms with Crippen molar-refractivity contribution in [2.75, 3.05) is 24.5 Å². The van der Waals surface area contributed by atoms with Gasteiger partial charge in [-0.3, -0.25) is 0 Å². The minimum absolute atomic E-state index is 0.596. The van der Waals surface area contributed by atoms with Crippen molar-refractivity contribution in [3.05, 3.63) is 24.3 Å². The Kier molecular flexibility index (Phi) is 4.22. The van der Waals surface area contributed by atoms with Crippen LogP contribution in [0.5, 0.6) is 0 Å². The van der Waals surface area contributed by atoms with E-state index in [4.69, 9.17) is 0 Å². The van der Waals surface area contributed by atoms with Gasteiger partial charge in [0.2, 0.25) is 0 Å². The maximum absolute atomic E-state index is 4.56. The SMILES string of the molecule is CC(C)NCC1CCN(c2snc3ccccc23)CC1. The summed E-state index contributed by atoms with van der Waals surface area (Å²) in [5.74, 6) is 0.827. The van der Waals surface area contributed by atoms with Gasteiger partial charge < -0.3 is 10.2 Å². The van der Waals surface area contributed by atoms with Gasteiger partial charge in [-0.15, -0.1) is 0 Å². The molecular formula is C16H23N3S. The monoisotopic (exact) mass is 289 g/mol. The highest BCUT2D eigenvalue weighted by Crippen LogP contribution is 2.33. The van der Waals surface area contributed by atoms with E-state index in [0.717, 1.165) is 31.1 Å². The second-order valence-electron chi connectivity index (χ2n) is 6.00. The quantitative estimate of drug-likeness (QED) is 0.933. The highest BCUT2D eigenvalue weighted by molar-refractivity contribution is 7.11. The second-order valence-corrected chi connectivity index (χ2v) is 6.75. The first-order chi connectivity index (χ1) is 9.74. The molecule has 1 fully saturated rings. The van der Waals surface area contributed by atoms with Crippen LogP contribution in [-0.4, -0.2) is 30.0 Å². The molecule has 2 heterocycles. The molecular weight excluding hydrogens is 266 g/mol. The number of fused-ring (bicyclic) bond motifs is 1. The third-order valence-corrected chi connectivity index (χ3v) is 5.02. The first-order valence-electron chi connectivity index (χ1n) is 7.57. The van der Waals surface area contributed by atoms with E-state index in [1.807, 2.05) is 0 Å². The van der Waals surface area contributed by atoms with Crippen molar-refractivity contribution in [1.82, 2.24) is 9.69 Å². The summed E-state index contributed by atoms with van der Waals surface area (Å²) >= 11 is 1.65. The first-order valence-corrected chi connectivity index (χ1v) is 8.34. The molecule has 1 aliphatic heterocycles. The van der Waals surface area contributed by atoms with Crippen LogP contribution in [0.2, 0.25) is 0 Å². The van der Waals surface area contributed by atoms with Crippen LogP contribution in [0.15, 0.2) is 24.3 Å². The molecule has 0 atom stereocenters. The van der Waals surface area contributed by atoms with E-state index in [1.165, 1.54) is 23.2 Å². The lowest BCUT2D eigenvalue weighted by molar-refractivity contribution is 0.372. The molecule has 0 unspecified atom stereocenters. The number of nitrogens with one attached hydrogen (secondary N) is 1. The van der Waals surface area contributed by atoms with Crippen LogP contribution in [-0.2, 0) is 0 Å². The van der Waals surface area contributed by atoms with Crippen LogP contribution < -0.4 is 10.2 Å². The zero-order chi connectivity index (χ0) is 13.9. The van der Waals surface area contributed by atoms with Crippen LogP contribution in [0, 0.1) is 5.92 Å². The van der Waals surface area contributed by atoms with Crippen LogP contribution in [0.25, 0.3) is 10.9 Å². The van der Waals surface area contributed by atoms with Gasteiger partial charge in [-0.25, -0.2) is 0 Å². The number of benzene rings is 1. The number of hydrogen-bond acceptors (Lipinski definition) is 4. The summed E-state index contributed by atoms with van der Waals surface area (Å²) in [5, 5.41) is 6.24. The predicted octanol–water partition coefficient (Wildman–Crippen LogP) is 3.51. The van der Waals surface area contributed by atoms with Gasteiger partial charge in [0.1, 0.15) is 5.00 Å². The summed E-state index contributed by atoms with van der Waals surface area (Å²) < 4.78 is 4.56. The predicted molar refractivity (Wildman–Crippen MR) is 87.7 cm³/mol. The van der Waals surface area contributed by atoms with Gasteiger partial charge >= 0.3 is 0 Å². The molecule has 3 rings (SSSR count). The molecule has 1 saturated heterocycles. The maximum Gasteiger partial charge on any atom is 0.119 e. The van der Waals surface area contributed by atoms with Gasteiger partial charge in [-0.2, -0.15) is 4.37 Å². The first kappa shape index (κ1) is 13.8. The number of aromatic nitrogens is 1. The Morgan fingerprint density at radius 1 is 1.30 bits per heavy atom. The number of hydrogen-bond donors (Lipinski definition) is 1. The van der Waals surface area contributed by atoms with Crippen molar-refractivity contribution in [2.45, 2.75) is 32.7 Å². The molecule has 0 radical (unpaired) electrons. The standard InChI is InChI=1S/C16H23N3S/c1-12(2)17-11-13-7-9-19(10-8-13)16-14-5-3-4-6-15(14)18-20-16/h3-6,12-13,17H,7-11H2,1-2H3. The summed E-state index contributed by atoms with van der Waals surface area (Å²) in [6.45, 7) is 7.93. The Morgan fingerprint density at radius 3 is 2.80 bits per heavy atom. The highest BCUT2D eigenvalue weighted by Gasteiger charge is 2.21. The van der Waals surface area contributed by atoms with E-state index in [-0.39, 0.29) is 0 Å². The lowest BCUT2D eigenvalue weighted by Gasteiger charge is -2.33. The molecule has 0 aliphatic carbocycles. The Morgan fingerprint density at radius 2 is 2.05 bits per heavy atom. The van der Waals surface area contributed by atoms with E-state index in [1.54, 1.807) is 11.5 Å². The molecule has 108 valence electrons. The lowest BCUT2D eigenvalue weighted by atomic mass is 9.96. The molecule has 1 N–H and O–H groups in total. The largest absolute Gasteiger partial charge is 0.362 e. The number of anilines is 1. The molecule has 1 aliphatic rings. The molecule has 4 heteroatoms. The Hall–Kier alpha value is -1.13. The smallest absolute Gasteiger partial charge is 0.119 e. The van der Waals surface area contributed by atoms with Crippen molar-refractivity contribution >= 4 is 27.4 Å². The Bertz CT molecular complexity index is 556. The average molecular weight is 289 g/mol. The third-order valence-electron chi connectivity index (χ3n) is 4.08. The van der Waals surface area contributed by atoms with Crippen molar-refractivity contribution in [3.8, 4) is 0 Å². The van der Waals surface area contributed by atoms with Crippen molar-refractivity contribution in [1.29, 1.82) is 0 Å². The number of rotatable bonds is 4. The summed E-state index contributed by atoms with van der Waals surface area (Å²) in [4.78, 5) is 2.52. The molecule has 1 aromatic carbocycles. The summed E-state index contributed by atoms with van der Waals surface area (Å²) in [6.07, 6.45) is 2.57. The van der Waals surface area contributed by atoms with E-state index in [0.29, 0.717) is 6.04 Å². The fraction of sp³-hybridized carbons (Fsp3) is 0.562. The number of nitrogens with zero attached hydrogens (tertiary/aromatic N) is 2. The van der Waals surface area contributed by atoms with E-state index in [9.17, 15) is 0 Å². The Balaban J connectivity index is 1.63. The minimum atomic E-state index is 0.596. The second kappa shape index (κ2) is 6.10. The van der Waals surface area contributed by atoms with Gasteiger partial charge in [-0.05, 0) is 49.0 Å². The summed E-state index contributed by atoms with van der Waals surface area (Å²) in [5.41, 5.74) is 1.14. The van der Waals surface area contributed by atoms with E-state index < -0.39 is 0 Å². The van der Waals surface area contributed by atoms with Crippen molar-refractivity contribution in [2.24, 2.45) is 5.92 Å². The van der Waals surface area contributed by atoms with Crippen LogP contribution in [0.3, 0.4) is 0 Å². The maximum atomic E-state index is 4.56. The van der Waals surface area contributed by atoms with Gasteiger partial charge in [0, 0.05) is 24.5 Å². The molecule has 3 nitrogen and oxygen atoms in total. The summed E-state index contributed by atoms with van der Waals surface area (Å²) in [6, 6.07) is 9.07. The molecule has 1 aromatic heterocycles. The van der Waals surface area contributed by atoms with Crippen molar-refractivity contribution < 1.29 is 0 Å². The van der Waals surface area contributed by atoms with Crippen LogP contribution in [0.4, 0.5) is 5.00 Å². The topological polar surface area (TPSA) is 28.2 Å². The third kappa shape index (κ3) is 2.96. The molecule has 2 aromatic rings. The minimum Gasteiger partial charge on any atom is -0.362 e. The van der Waals surface area contributed by atoms with Gasteiger partial charge in [0.05, 0.1) is 5.52 Å². The van der Waals surface area contributed by atoms with Gasteiger partial charge in [0.25, 0.3) is 0 Å². The zero-order valence-corrected chi connectivity index (χ0v) is 13.1. The van der Waals surface area contributed by atoms with Crippen LogP contribution in [0.1, 0.15) is 26.7 Å². The fourth-order valence-corrected chi connectivity index (χ4v) is 3.76. The van der Waals surface area contributed by atoms with E-state index in [2.05, 4.69) is 52.7 Å². The van der Waals surface area contributed by atoms with Gasteiger partial charge in [0.15, 0.2) is 0 Å². The molecule has 0 amide bonds. The van der Waals surface area contributed by atoms with E-state index >= 15 is 0 Å². The summed E-state index contributed by atoms with van der Waals surface area (Å²) in [7, 11) is 0. The zero-order valence-electron chi connectivity index (χ0n) is 12.3. The molecule has 20 heavy (non-hydrogen) atoms. The number of piperidine rings is 1. The molecule has 0 spiro atoms. The lowest BCUT2D eigenvalue weighted by Crippen LogP contribution is -2.38. The Labute approximate surface area is 125 Å². The highest BCUT2D eigenvalue weighted by atomic mass is 32.1. The van der Waals surface area contributed by atoms with Crippen molar-refractivity contribution in [3.63, 3.8) is 0 Å². The average Bonchev–Trinajstić information content (AvgIpc) is 2.89. The van der Waals surface area contributed by atoms with Crippen LogP contribution >= 0.6 is 11.5 Å². The normalized spacial score (nSPS) is 17.2. The molecule has 0 bridgehead atoms. The van der Waals surface area contributed by atoms with Gasteiger partial charge in [-0.1, -0.05) is 26.0 Å².